The molecule has 0 spiro atoms. The van der Waals surface area contributed by atoms with Crippen molar-refractivity contribution in [3.8, 4) is 11.1 Å². The molecule has 0 bridgehead atoms. The van der Waals surface area contributed by atoms with Gasteiger partial charge in [-0.1, -0.05) is 61.0 Å². The molecule has 0 amide bonds. The summed E-state index contributed by atoms with van der Waals surface area (Å²) in [6, 6.07) is 16.4. The van der Waals surface area contributed by atoms with Crippen LogP contribution in [-0.2, 0) is 0 Å². The molecule has 0 saturated carbocycles. The molecule has 124 valence electrons. The molecule has 2 aromatic carbocycles. The Morgan fingerprint density at radius 2 is 1.61 bits per heavy atom. The van der Waals surface area contributed by atoms with E-state index in [0.29, 0.717) is 11.8 Å². The van der Waals surface area contributed by atoms with Crippen LogP contribution in [0, 0.1) is 5.92 Å². The van der Waals surface area contributed by atoms with E-state index in [1.165, 1.54) is 5.56 Å². The van der Waals surface area contributed by atoms with Gasteiger partial charge in [-0.2, -0.15) is 0 Å². The van der Waals surface area contributed by atoms with E-state index in [4.69, 9.17) is 21.8 Å². The molecule has 0 radical (unpaired) electrons. The normalized spacial score (nSPS) is 12.6. The van der Waals surface area contributed by atoms with Crippen LogP contribution in [0.5, 0.6) is 0 Å². The second-order valence-electron chi connectivity index (χ2n) is 6.13. The lowest BCUT2D eigenvalue weighted by atomic mass is 9.86. The monoisotopic (exact) mass is 332 g/mol. The fourth-order valence-electron chi connectivity index (χ4n) is 3.07. The number of aliphatic hydroxyl groups is 2. The van der Waals surface area contributed by atoms with E-state index in [9.17, 15) is 0 Å². The van der Waals surface area contributed by atoms with Crippen LogP contribution in [0.2, 0.25) is 5.02 Å². The van der Waals surface area contributed by atoms with Gasteiger partial charge in [0.25, 0.3) is 0 Å². The smallest absolute Gasteiger partial charge is 0.0487 e. The number of hydrogen-bond donors (Lipinski definition) is 2. The van der Waals surface area contributed by atoms with Crippen LogP contribution in [0.3, 0.4) is 0 Å². The lowest BCUT2D eigenvalue weighted by Crippen LogP contribution is -2.09. The van der Waals surface area contributed by atoms with Crippen molar-refractivity contribution in [3.05, 3.63) is 59.1 Å². The van der Waals surface area contributed by atoms with Crippen LogP contribution in [0.25, 0.3) is 11.1 Å². The Labute approximate surface area is 143 Å². The maximum atomic E-state index is 9.15. The first-order valence-corrected chi connectivity index (χ1v) is 8.60. The Morgan fingerprint density at radius 1 is 0.957 bits per heavy atom. The van der Waals surface area contributed by atoms with Crippen molar-refractivity contribution in [2.75, 3.05) is 13.2 Å². The zero-order valence-corrected chi connectivity index (χ0v) is 14.3. The summed E-state index contributed by atoms with van der Waals surface area (Å²) in [6.45, 7) is 2.52. The zero-order valence-electron chi connectivity index (χ0n) is 13.6. The predicted octanol–water partition coefficient (Wildman–Crippen LogP) is 4.88. The largest absolute Gasteiger partial charge is 0.396 e. The first-order valence-electron chi connectivity index (χ1n) is 8.22. The summed E-state index contributed by atoms with van der Waals surface area (Å²) in [5.74, 6) is 0.688. The Morgan fingerprint density at radius 3 is 2.17 bits per heavy atom. The van der Waals surface area contributed by atoms with Gasteiger partial charge in [-0.3, -0.25) is 0 Å². The Kier molecular flexibility index (Phi) is 7.10. The van der Waals surface area contributed by atoms with Crippen molar-refractivity contribution in [2.45, 2.75) is 32.1 Å². The van der Waals surface area contributed by atoms with Crippen LogP contribution >= 0.6 is 11.6 Å². The minimum atomic E-state index is 0.172. The summed E-state index contributed by atoms with van der Waals surface area (Å²) in [6.07, 6.45) is 2.42. The van der Waals surface area contributed by atoms with Gasteiger partial charge in [0.15, 0.2) is 0 Å². The van der Waals surface area contributed by atoms with E-state index in [2.05, 4.69) is 31.2 Å². The standard InChI is InChI=1S/C20H25ClO2/c1-15(13-16(9-11-22)10-12-23)18-7-8-19(20(21)14-18)17-5-3-2-4-6-17/h2-8,14-16,22-23H,9-13H2,1H3. The molecule has 1 atom stereocenters. The molecule has 0 saturated heterocycles. The van der Waals surface area contributed by atoms with Crippen molar-refractivity contribution < 1.29 is 10.2 Å². The highest BCUT2D eigenvalue weighted by molar-refractivity contribution is 6.33. The van der Waals surface area contributed by atoms with Crippen LogP contribution in [0.15, 0.2) is 48.5 Å². The molecule has 0 aliphatic carbocycles. The van der Waals surface area contributed by atoms with E-state index in [0.717, 1.165) is 35.4 Å². The fourth-order valence-corrected chi connectivity index (χ4v) is 3.37. The predicted molar refractivity (Wildman–Crippen MR) is 96.8 cm³/mol. The van der Waals surface area contributed by atoms with Gasteiger partial charge < -0.3 is 10.2 Å². The van der Waals surface area contributed by atoms with E-state index in [1.54, 1.807) is 0 Å². The molecular formula is C20H25ClO2. The summed E-state index contributed by atoms with van der Waals surface area (Å²) in [7, 11) is 0. The third-order valence-corrected chi connectivity index (χ3v) is 4.72. The van der Waals surface area contributed by atoms with E-state index in [-0.39, 0.29) is 13.2 Å². The molecule has 2 rings (SSSR count). The van der Waals surface area contributed by atoms with Crippen LogP contribution in [0.4, 0.5) is 0 Å². The average Bonchev–Trinajstić information content (AvgIpc) is 2.56. The van der Waals surface area contributed by atoms with Gasteiger partial charge in [-0.05, 0) is 48.3 Å². The third kappa shape index (κ3) is 5.07. The Balaban J connectivity index is 2.13. The third-order valence-electron chi connectivity index (χ3n) is 4.41. The van der Waals surface area contributed by atoms with Gasteiger partial charge in [-0.15, -0.1) is 0 Å². The molecule has 0 aliphatic heterocycles. The molecule has 23 heavy (non-hydrogen) atoms. The zero-order chi connectivity index (χ0) is 16.7. The van der Waals surface area contributed by atoms with Crippen molar-refractivity contribution >= 4 is 11.6 Å². The SMILES string of the molecule is CC(CC(CCO)CCO)c1ccc(-c2ccccc2)c(Cl)c1. The maximum absolute atomic E-state index is 9.15. The summed E-state index contributed by atoms with van der Waals surface area (Å²) in [5.41, 5.74) is 3.37. The second kappa shape index (κ2) is 9.07. The van der Waals surface area contributed by atoms with Gasteiger partial charge in [0, 0.05) is 23.8 Å². The molecule has 3 heteroatoms. The first kappa shape index (κ1) is 18.0. The lowest BCUT2D eigenvalue weighted by molar-refractivity contribution is 0.206. The highest BCUT2D eigenvalue weighted by Crippen LogP contribution is 2.33. The second-order valence-corrected chi connectivity index (χ2v) is 6.54. The van der Waals surface area contributed by atoms with Crippen LogP contribution in [-0.4, -0.2) is 23.4 Å². The molecule has 0 fully saturated rings. The van der Waals surface area contributed by atoms with Crippen LogP contribution in [0.1, 0.15) is 37.7 Å². The number of aliphatic hydroxyl groups excluding tert-OH is 2. The molecule has 2 N–H and O–H groups in total. The molecule has 0 aromatic heterocycles. The summed E-state index contributed by atoms with van der Waals surface area (Å²) < 4.78 is 0. The van der Waals surface area contributed by atoms with Gasteiger partial charge in [0.05, 0.1) is 0 Å². The Hall–Kier alpha value is -1.35. The van der Waals surface area contributed by atoms with Gasteiger partial charge in [-0.25, -0.2) is 0 Å². The molecule has 1 unspecified atom stereocenters. The van der Waals surface area contributed by atoms with Crippen molar-refractivity contribution in [2.24, 2.45) is 5.92 Å². The summed E-state index contributed by atoms with van der Waals surface area (Å²) in [4.78, 5) is 0. The number of halogens is 1. The molecule has 0 heterocycles. The topological polar surface area (TPSA) is 40.5 Å². The van der Waals surface area contributed by atoms with E-state index in [1.807, 2.05) is 24.3 Å². The van der Waals surface area contributed by atoms with Crippen molar-refractivity contribution in [1.82, 2.24) is 0 Å². The van der Waals surface area contributed by atoms with Gasteiger partial charge in [0.2, 0.25) is 0 Å². The minimum Gasteiger partial charge on any atom is -0.396 e. The van der Waals surface area contributed by atoms with Gasteiger partial charge >= 0.3 is 0 Å². The Bertz CT molecular complexity index is 592. The summed E-state index contributed by atoms with van der Waals surface area (Å²) >= 11 is 6.49. The molecular weight excluding hydrogens is 308 g/mol. The first-order chi connectivity index (χ1) is 11.2. The van der Waals surface area contributed by atoms with E-state index < -0.39 is 0 Å². The number of benzene rings is 2. The highest BCUT2D eigenvalue weighted by atomic mass is 35.5. The van der Waals surface area contributed by atoms with Crippen molar-refractivity contribution in [3.63, 3.8) is 0 Å². The van der Waals surface area contributed by atoms with Crippen molar-refractivity contribution in [1.29, 1.82) is 0 Å². The molecule has 2 nitrogen and oxygen atoms in total. The fraction of sp³-hybridized carbons (Fsp3) is 0.400. The number of rotatable bonds is 8. The maximum Gasteiger partial charge on any atom is 0.0487 e. The minimum absolute atomic E-state index is 0.172. The summed E-state index contributed by atoms with van der Waals surface area (Å²) in [5, 5.41) is 19.1. The highest BCUT2D eigenvalue weighted by Gasteiger charge is 2.15. The molecule has 0 aliphatic rings. The van der Waals surface area contributed by atoms with Crippen LogP contribution < -0.4 is 0 Å². The quantitative estimate of drug-likeness (QED) is 0.723. The molecule has 2 aromatic rings. The number of hydrogen-bond acceptors (Lipinski definition) is 2. The van der Waals surface area contributed by atoms with Gasteiger partial charge in [0.1, 0.15) is 0 Å². The van der Waals surface area contributed by atoms with E-state index >= 15 is 0 Å². The lowest BCUT2D eigenvalue weighted by Gasteiger charge is -2.20. The average molecular weight is 333 g/mol.